The summed E-state index contributed by atoms with van der Waals surface area (Å²) in [4.78, 5) is 22.1. The van der Waals surface area contributed by atoms with Gasteiger partial charge in [-0.3, -0.25) is 14.9 Å². The SMILES string of the molecule is O=C(O)C1C2CCC(C2)C1Nc1cccc(Cl)c1[N+](=O)[O-]. The Labute approximate surface area is 126 Å². The molecule has 2 bridgehead atoms. The predicted molar refractivity (Wildman–Crippen MR) is 77.5 cm³/mol. The van der Waals surface area contributed by atoms with E-state index in [9.17, 15) is 20.0 Å². The zero-order valence-corrected chi connectivity index (χ0v) is 11.9. The van der Waals surface area contributed by atoms with Crippen molar-refractivity contribution in [3.05, 3.63) is 33.3 Å². The Bertz CT molecular complexity index is 607. The van der Waals surface area contributed by atoms with Crippen LogP contribution in [0.2, 0.25) is 5.02 Å². The van der Waals surface area contributed by atoms with E-state index in [4.69, 9.17) is 11.6 Å². The molecule has 4 unspecified atom stereocenters. The number of fused-ring (bicyclic) bond motifs is 2. The monoisotopic (exact) mass is 310 g/mol. The van der Waals surface area contributed by atoms with Crippen LogP contribution in [-0.2, 0) is 4.79 Å². The van der Waals surface area contributed by atoms with Gasteiger partial charge in [0.1, 0.15) is 10.7 Å². The highest BCUT2D eigenvalue weighted by molar-refractivity contribution is 6.33. The highest BCUT2D eigenvalue weighted by atomic mass is 35.5. The van der Waals surface area contributed by atoms with Crippen LogP contribution in [0.15, 0.2) is 18.2 Å². The quantitative estimate of drug-likeness (QED) is 0.658. The summed E-state index contributed by atoms with van der Waals surface area (Å²) in [6, 6.07) is 4.40. The summed E-state index contributed by atoms with van der Waals surface area (Å²) < 4.78 is 0. The van der Waals surface area contributed by atoms with Crippen LogP contribution in [0.25, 0.3) is 0 Å². The third-order valence-electron chi connectivity index (χ3n) is 4.69. The zero-order valence-electron chi connectivity index (χ0n) is 11.2. The van der Waals surface area contributed by atoms with Crippen molar-refractivity contribution in [1.82, 2.24) is 0 Å². The van der Waals surface area contributed by atoms with Crippen LogP contribution >= 0.6 is 11.6 Å². The number of rotatable bonds is 4. The Morgan fingerprint density at radius 3 is 2.76 bits per heavy atom. The van der Waals surface area contributed by atoms with Crippen LogP contribution in [0, 0.1) is 27.9 Å². The molecule has 0 heterocycles. The van der Waals surface area contributed by atoms with Gasteiger partial charge in [0.05, 0.1) is 10.8 Å². The maximum atomic E-state index is 11.5. The smallest absolute Gasteiger partial charge is 0.310 e. The second-order valence-corrected chi connectivity index (χ2v) is 6.17. The van der Waals surface area contributed by atoms with Gasteiger partial charge in [0.25, 0.3) is 0 Å². The van der Waals surface area contributed by atoms with Crippen molar-refractivity contribution in [3.63, 3.8) is 0 Å². The van der Waals surface area contributed by atoms with Gasteiger partial charge < -0.3 is 10.4 Å². The van der Waals surface area contributed by atoms with Crippen LogP contribution < -0.4 is 5.32 Å². The standard InChI is InChI=1S/C14H15ClN2O4/c15-9-2-1-3-10(13(9)17(20)21)16-12-8-5-4-7(6-8)11(12)14(18)19/h1-3,7-8,11-12,16H,4-6H2,(H,18,19). The molecule has 0 aromatic heterocycles. The molecule has 0 saturated heterocycles. The Hall–Kier alpha value is -1.82. The van der Waals surface area contributed by atoms with Crippen LogP contribution in [0.1, 0.15) is 19.3 Å². The number of nitro groups is 1. The number of nitro benzene ring substituents is 1. The lowest BCUT2D eigenvalue weighted by molar-refractivity contribution is -0.383. The summed E-state index contributed by atoms with van der Waals surface area (Å²) in [6.07, 6.45) is 2.78. The van der Waals surface area contributed by atoms with Crippen molar-refractivity contribution >= 4 is 28.9 Å². The normalized spacial score (nSPS) is 30.3. The molecule has 0 radical (unpaired) electrons. The van der Waals surface area contributed by atoms with Gasteiger partial charge in [-0.15, -0.1) is 0 Å². The number of carboxylic acid groups (broad SMARTS) is 1. The summed E-state index contributed by atoms with van der Waals surface area (Å²) in [5.41, 5.74) is 0.113. The first-order valence-corrected chi connectivity index (χ1v) is 7.29. The molecule has 2 aliphatic carbocycles. The number of nitrogens with one attached hydrogen (secondary N) is 1. The highest BCUT2D eigenvalue weighted by Crippen LogP contribution is 2.50. The van der Waals surface area contributed by atoms with Crippen LogP contribution in [0.4, 0.5) is 11.4 Å². The fourth-order valence-corrected chi connectivity index (χ4v) is 4.09. The first kappa shape index (κ1) is 14.1. The molecular weight excluding hydrogens is 296 g/mol. The molecule has 2 fully saturated rings. The van der Waals surface area contributed by atoms with E-state index in [2.05, 4.69) is 5.32 Å². The molecule has 2 N–H and O–H groups in total. The van der Waals surface area contributed by atoms with Crippen molar-refractivity contribution in [2.75, 3.05) is 5.32 Å². The van der Waals surface area contributed by atoms with Gasteiger partial charge in [0.15, 0.2) is 0 Å². The van der Waals surface area contributed by atoms with Crippen molar-refractivity contribution in [2.45, 2.75) is 25.3 Å². The number of hydrogen-bond donors (Lipinski definition) is 2. The molecule has 21 heavy (non-hydrogen) atoms. The lowest BCUT2D eigenvalue weighted by Gasteiger charge is -2.29. The first-order valence-electron chi connectivity index (χ1n) is 6.91. The fourth-order valence-electron chi connectivity index (χ4n) is 3.85. The number of para-hydroxylation sites is 1. The van der Waals surface area contributed by atoms with E-state index in [-0.39, 0.29) is 28.6 Å². The summed E-state index contributed by atoms with van der Waals surface area (Å²) in [6.45, 7) is 0. The predicted octanol–water partition coefficient (Wildman–Crippen LogP) is 3.16. The minimum absolute atomic E-state index is 0.0556. The number of carbonyl (C=O) groups is 1. The minimum atomic E-state index is -0.829. The molecule has 4 atom stereocenters. The highest BCUT2D eigenvalue weighted by Gasteiger charge is 2.51. The van der Waals surface area contributed by atoms with Gasteiger partial charge in [0.2, 0.25) is 0 Å². The Kier molecular flexibility index (Phi) is 3.49. The molecule has 1 aromatic rings. The number of benzene rings is 1. The number of carboxylic acids is 1. The summed E-state index contributed by atoms with van der Waals surface area (Å²) in [5, 5.41) is 23.7. The maximum Gasteiger partial charge on any atom is 0.310 e. The second kappa shape index (κ2) is 5.18. The maximum absolute atomic E-state index is 11.5. The lowest BCUT2D eigenvalue weighted by atomic mass is 9.84. The van der Waals surface area contributed by atoms with E-state index in [1.165, 1.54) is 6.07 Å². The lowest BCUT2D eigenvalue weighted by Crippen LogP contribution is -2.39. The van der Waals surface area contributed by atoms with Gasteiger partial charge >= 0.3 is 11.7 Å². The van der Waals surface area contributed by atoms with Gasteiger partial charge in [-0.1, -0.05) is 17.7 Å². The van der Waals surface area contributed by atoms with Crippen LogP contribution in [-0.4, -0.2) is 22.0 Å². The molecule has 0 aliphatic heterocycles. The molecule has 1 aromatic carbocycles. The van der Waals surface area contributed by atoms with Crippen LogP contribution in [0.3, 0.4) is 0 Å². The van der Waals surface area contributed by atoms with Gasteiger partial charge in [-0.25, -0.2) is 0 Å². The Balaban J connectivity index is 1.92. The topological polar surface area (TPSA) is 92.5 Å². The van der Waals surface area contributed by atoms with E-state index in [1.807, 2.05) is 0 Å². The summed E-state index contributed by atoms with van der Waals surface area (Å²) >= 11 is 5.89. The van der Waals surface area contributed by atoms with E-state index in [0.717, 1.165) is 19.3 Å². The van der Waals surface area contributed by atoms with Crippen molar-refractivity contribution in [2.24, 2.45) is 17.8 Å². The van der Waals surface area contributed by atoms with Gasteiger partial charge in [-0.2, -0.15) is 0 Å². The molecule has 2 aliphatic rings. The minimum Gasteiger partial charge on any atom is -0.481 e. The number of halogens is 1. The molecule has 2 saturated carbocycles. The van der Waals surface area contributed by atoms with Crippen molar-refractivity contribution in [3.8, 4) is 0 Å². The van der Waals surface area contributed by atoms with Crippen molar-refractivity contribution in [1.29, 1.82) is 0 Å². The molecule has 7 heteroatoms. The number of nitrogens with zero attached hydrogens (tertiary/aromatic N) is 1. The molecule has 112 valence electrons. The molecule has 3 rings (SSSR count). The first-order chi connectivity index (χ1) is 9.99. The second-order valence-electron chi connectivity index (χ2n) is 5.76. The van der Waals surface area contributed by atoms with Gasteiger partial charge in [0, 0.05) is 6.04 Å². The van der Waals surface area contributed by atoms with Gasteiger partial charge in [-0.05, 0) is 43.2 Å². The molecule has 0 spiro atoms. The molecule has 6 nitrogen and oxygen atoms in total. The van der Waals surface area contributed by atoms with E-state index in [1.54, 1.807) is 12.1 Å². The van der Waals surface area contributed by atoms with E-state index < -0.39 is 16.8 Å². The Morgan fingerprint density at radius 2 is 2.10 bits per heavy atom. The number of aliphatic carboxylic acids is 1. The van der Waals surface area contributed by atoms with Crippen LogP contribution in [0.5, 0.6) is 0 Å². The average molecular weight is 311 g/mol. The third-order valence-corrected chi connectivity index (χ3v) is 5.00. The number of hydrogen-bond acceptors (Lipinski definition) is 4. The average Bonchev–Trinajstić information content (AvgIpc) is 2.98. The molecule has 0 amide bonds. The molecular formula is C14H15ClN2O4. The van der Waals surface area contributed by atoms with E-state index >= 15 is 0 Å². The van der Waals surface area contributed by atoms with E-state index in [0.29, 0.717) is 5.69 Å². The zero-order chi connectivity index (χ0) is 15.1. The Morgan fingerprint density at radius 1 is 1.38 bits per heavy atom. The third kappa shape index (κ3) is 2.33. The fraction of sp³-hybridized carbons (Fsp3) is 0.500. The summed E-state index contributed by atoms with van der Waals surface area (Å²) in [7, 11) is 0. The summed E-state index contributed by atoms with van der Waals surface area (Å²) in [5.74, 6) is -0.885. The largest absolute Gasteiger partial charge is 0.481 e. The number of anilines is 1. The van der Waals surface area contributed by atoms with Crippen molar-refractivity contribution < 1.29 is 14.8 Å².